The van der Waals surface area contributed by atoms with Crippen molar-refractivity contribution in [2.45, 2.75) is 437 Å². The van der Waals surface area contributed by atoms with Gasteiger partial charge in [0.15, 0.2) is 12.4 Å². The van der Waals surface area contributed by atoms with Crippen LogP contribution in [0, 0.1) is 0 Å². The number of aliphatic hydroxyl groups excluding tert-OH is 1. The lowest BCUT2D eigenvalue weighted by Gasteiger charge is -2.45. The third-order valence-electron chi connectivity index (χ3n) is 18.7. The van der Waals surface area contributed by atoms with Crippen LogP contribution in [0.25, 0.3) is 0 Å². The van der Waals surface area contributed by atoms with Crippen LogP contribution in [0.3, 0.4) is 0 Å². The van der Waals surface area contributed by atoms with Gasteiger partial charge in [0, 0.05) is 19.3 Å². The lowest BCUT2D eigenvalue weighted by molar-refractivity contribution is -0.272. The number of rotatable bonds is 69. The summed E-state index contributed by atoms with van der Waals surface area (Å²) in [6.07, 6.45) is 34.3. The van der Waals surface area contributed by atoms with Gasteiger partial charge in [-0.05, 0) is 57.8 Å². The molecule has 0 saturated carbocycles. The van der Waals surface area contributed by atoms with Crippen molar-refractivity contribution in [2.75, 3.05) is 13.2 Å². The molecule has 0 bridgehead atoms. The first-order chi connectivity index (χ1) is 47.8. The van der Waals surface area contributed by atoms with E-state index in [4.69, 9.17) is 38.7 Å². The van der Waals surface area contributed by atoms with E-state index in [1.807, 2.05) is 6.92 Å². The standard InChI is InChI=1S/C77H144N3O18P/c1-7-13-19-24-29-32-37-40-46-51-62(93-70(85)55-49-43-35-27-22-16-10-4)57-67(82)79-65(76(78)88)61-92-77-73(80-68(83)58-63(94-69(84)54-45-18-12-6)52-47-41-38-33-30-25-20-14-8-2)75(74(66(60-81)96-77)98-99(89,90)91)97-72(87)59-64(53-48-42-39-34-31-26-21-15-9-3)95-71(86)56-50-44-36-28-23-17-11-5/h62-66,73-75,77,81H,7-61H2,1-6H3,(H2,78,88)(H,79,82)(H,80,83)(H2,89,90,91)/t62-,63-,64-,65+,66-,73-,74-,75-,77?/m1/s1. The van der Waals surface area contributed by atoms with Gasteiger partial charge < -0.3 is 59.7 Å². The number of primary amides is 1. The number of esters is 4. The van der Waals surface area contributed by atoms with Crippen LogP contribution in [0.4, 0.5) is 0 Å². The van der Waals surface area contributed by atoms with Crippen LogP contribution in [-0.2, 0) is 71.1 Å². The highest BCUT2D eigenvalue weighted by Crippen LogP contribution is 2.42. The Hall–Kier alpha value is -3.72. The van der Waals surface area contributed by atoms with Crippen molar-refractivity contribution in [3.63, 3.8) is 0 Å². The number of amides is 3. The van der Waals surface area contributed by atoms with Crippen molar-refractivity contribution in [3.05, 3.63) is 0 Å². The van der Waals surface area contributed by atoms with Crippen molar-refractivity contribution in [2.24, 2.45) is 5.73 Å². The molecule has 580 valence electrons. The van der Waals surface area contributed by atoms with E-state index in [1.165, 1.54) is 57.8 Å². The molecule has 1 unspecified atom stereocenters. The summed E-state index contributed by atoms with van der Waals surface area (Å²) in [4.78, 5) is 118. The van der Waals surface area contributed by atoms with Crippen molar-refractivity contribution in [1.29, 1.82) is 0 Å². The fourth-order valence-corrected chi connectivity index (χ4v) is 13.4. The Morgan fingerprint density at radius 2 is 0.737 bits per heavy atom. The van der Waals surface area contributed by atoms with Gasteiger partial charge in [0.1, 0.15) is 42.6 Å². The summed E-state index contributed by atoms with van der Waals surface area (Å²) >= 11 is 0. The molecule has 0 aromatic rings. The van der Waals surface area contributed by atoms with E-state index in [2.05, 4.69) is 45.3 Å². The third kappa shape index (κ3) is 52.0. The number of phosphoric ester groups is 1. The number of aliphatic hydroxyl groups is 1. The second kappa shape index (κ2) is 62.8. The van der Waals surface area contributed by atoms with Gasteiger partial charge in [-0.15, -0.1) is 0 Å². The number of nitrogens with one attached hydrogen (secondary N) is 2. The van der Waals surface area contributed by atoms with E-state index in [0.29, 0.717) is 57.8 Å². The predicted octanol–water partition coefficient (Wildman–Crippen LogP) is 17.1. The van der Waals surface area contributed by atoms with E-state index < -0.39 is 130 Å². The van der Waals surface area contributed by atoms with Gasteiger partial charge in [-0.3, -0.25) is 38.1 Å². The number of carbonyl (C=O) groups is 7. The zero-order valence-electron chi connectivity index (χ0n) is 63.1. The first-order valence-electron chi connectivity index (χ1n) is 40.1. The molecule has 1 fully saturated rings. The van der Waals surface area contributed by atoms with E-state index >= 15 is 0 Å². The number of carbonyl (C=O) groups excluding carboxylic acids is 7. The second-order valence-electron chi connectivity index (χ2n) is 28.2. The summed E-state index contributed by atoms with van der Waals surface area (Å²) < 4.78 is 54.8. The van der Waals surface area contributed by atoms with E-state index in [1.54, 1.807) is 0 Å². The van der Waals surface area contributed by atoms with Crippen molar-refractivity contribution >= 4 is 49.4 Å². The number of ether oxygens (including phenoxy) is 6. The maximum atomic E-state index is 14.7. The minimum absolute atomic E-state index is 0.133. The molecular weight excluding hydrogens is 1290 g/mol. The smallest absolute Gasteiger partial charge is 0.462 e. The van der Waals surface area contributed by atoms with Gasteiger partial charge in [-0.25, -0.2) is 4.57 Å². The number of phosphoric acid groups is 1. The predicted molar refractivity (Wildman–Crippen MR) is 390 cm³/mol. The highest BCUT2D eigenvalue weighted by Gasteiger charge is 2.52. The fraction of sp³-hybridized carbons (Fsp3) is 0.909. The van der Waals surface area contributed by atoms with E-state index in [-0.39, 0.29) is 25.7 Å². The zero-order valence-corrected chi connectivity index (χ0v) is 64.0. The van der Waals surface area contributed by atoms with Crippen LogP contribution < -0.4 is 16.4 Å². The number of hydrogen-bond acceptors (Lipinski definition) is 16. The van der Waals surface area contributed by atoms with Crippen molar-refractivity contribution < 1.29 is 86.0 Å². The Morgan fingerprint density at radius 3 is 1.08 bits per heavy atom. The average molecular weight is 1430 g/mol. The number of unbranched alkanes of at least 4 members (excludes halogenated alkanes) is 38. The summed E-state index contributed by atoms with van der Waals surface area (Å²) in [5, 5.41) is 16.3. The molecular formula is C77H144N3O18P. The molecule has 0 aromatic heterocycles. The Bertz CT molecular complexity index is 2100. The molecule has 1 aliphatic heterocycles. The summed E-state index contributed by atoms with van der Waals surface area (Å²) in [5.74, 6) is -4.90. The summed E-state index contributed by atoms with van der Waals surface area (Å²) in [6, 6.07) is -3.33. The van der Waals surface area contributed by atoms with Gasteiger partial charge in [0.25, 0.3) is 0 Å². The fourth-order valence-electron chi connectivity index (χ4n) is 12.8. The number of hydrogen-bond donors (Lipinski definition) is 6. The van der Waals surface area contributed by atoms with Gasteiger partial charge in [-0.2, -0.15) is 0 Å². The molecule has 9 atom stereocenters. The molecule has 22 heteroatoms. The van der Waals surface area contributed by atoms with Gasteiger partial charge in [-0.1, -0.05) is 286 Å². The van der Waals surface area contributed by atoms with E-state index in [9.17, 15) is 53.0 Å². The summed E-state index contributed by atoms with van der Waals surface area (Å²) in [6.45, 7) is 11.1. The van der Waals surface area contributed by atoms with Crippen molar-refractivity contribution in [3.8, 4) is 0 Å². The number of nitrogens with two attached hydrogens (primary N) is 1. The Morgan fingerprint density at radius 1 is 0.424 bits per heavy atom. The van der Waals surface area contributed by atoms with Crippen LogP contribution in [0.5, 0.6) is 0 Å². The quantitative estimate of drug-likeness (QED) is 0.0143. The molecule has 1 saturated heterocycles. The van der Waals surface area contributed by atoms with Crippen LogP contribution >= 0.6 is 7.82 Å². The Kier molecular flexibility index (Phi) is 59.2. The summed E-state index contributed by atoms with van der Waals surface area (Å²) in [7, 11) is -5.54. The van der Waals surface area contributed by atoms with Crippen LogP contribution in [0.2, 0.25) is 0 Å². The first-order valence-corrected chi connectivity index (χ1v) is 41.6. The first kappa shape index (κ1) is 93.3. The Balaban J connectivity index is 3.81. The monoisotopic (exact) mass is 1430 g/mol. The topological polar surface area (TPSA) is 312 Å². The average Bonchev–Trinajstić information content (AvgIpc) is 0.781. The van der Waals surface area contributed by atoms with Gasteiger partial charge in [0.2, 0.25) is 17.7 Å². The maximum absolute atomic E-state index is 14.7. The normalized spacial score (nSPS) is 17.5. The maximum Gasteiger partial charge on any atom is 0.470 e. The molecule has 21 nitrogen and oxygen atoms in total. The lowest BCUT2D eigenvalue weighted by Crippen LogP contribution is -2.67. The minimum atomic E-state index is -5.54. The van der Waals surface area contributed by atoms with Crippen LogP contribution in [0.1, 0.15) is 382 Å². The van der Waals surface area contributed by atoms with Gasteiger partial charge in [0.05, 0.1) is 32.5 Å². The molecule has 1 aliphatic rings. The molecule has 1 rings (SSSR count). The highest BCUT2D eigenvalue weighted by atomic mass is 31.2. The van der Waals surface area contributed by atoms with Crippen LogP contribution in [-0.4, -0.2) is 125 Å². The lowest BCUT2D eigenvalue weighted by atomic mass is 9.95. The van der Waals surface area contributed by atoms with Crippen molar-refractivity contribution in [1.82, 2.24) is 10.6 Å². The molecule has 0 aromatic carbocycles. The molecule has 0 spiro atoms. The minimum Gasteiger partial charge on any atom is -0.462 e. The summed E-state index contributed by atoms with van der Waals surface area (Å²) in [5.41, 5.74) is 5.96. The zero-order chi connectivity index (χ0) is 73.0. The molecule has 0 radical (unpaired) electrons. The van der Waals surface area contributed by atoms with Crippen LogP contribution in [0.15, 0.2) is 0 Å². The largest absolute Gasteiger partial charge is 0.470 e. The Labute approximate surface area is 599 Å². The molecule has 0 aliphatic carbocycles. The van der Waals surface area contributed by atoms with E-state index in [0.717, 1.165) is 186 Å². The SMILES string of the molecule is CCCCCCCCCCC[C@H](CC(=O)N[C@@H](COC1O[C@H](CO)[C@@H](OP(=O)(O)O)[C@H](OC(=O)C[C@@H](CCCCCCCCCCC)OC(=O)CCCCCCCCC)[C@H]1NC(=O)C[C@@H](CCCCCCCCCCC)OC(=O)CCCCC)C(N)=O)OC(=O)CCCCCCCCC. The molecule has 3 amide bonds. The van der Waals surface area contributed by atoms with Gasteiger partial charge >= 0.3 is 31.7 Å². The third-order valence-corrected chi connectivity index (χ3v) is 19.3. The molecule has 7 N–H and O–H groups in total. The highest BCUT2D eigenvalue weighted by molar-refractivity contribution is 7.46. The second-order valence-corrected chi connectivity index (χ2v) is 29.4. The molecule has 99 heavy (non-hydrogen) atoms. The molecule has 1 heterocycles.